The van der Waals surface area contributed by atoms with E-state index in [0.717, 1.165) is 74.4 Å². The smallest absolute Gasteiger partial charge is 0.338 e. The number of esters is 1. The molecule has 2 heterocycles. The first-order valence-electron chi connectivity index (χ1n) is 15.4. The summed E-state index contributed by atoms with van der Waals surface area (Å²) in [5, 5.41) is 16.9. The van der Waals surface area contributed by atoms with Gasteiger partial charge in [-0.25, -0.2) is 14.8 Å². The first-order valence-corrected chi connectivity index (χ1v) is 15.4. The number of aromatic nitrogens is 4. The summed E-state index contributed by atoms with van der Waals surface area (Å²) in [5.74, 6) is 1.52. The zero-order chi connectivity index (χ0) is 32.2. The molecule has 0 amide bonds. The van der Waals surface area contributed by atoms with E-state index in [1.165, 1.54) is 0 Å². The Morgan fingerprint density at radius 3 is 2.41 bits per heavy atom. The van der Waals surface area contributed by atoms with Gasteiger partial charge in [0.15, 0.2) is 0 Å². The molecule has 0 spiro atoms. The Balaban J connectivity index is 1.28. The molecule has 0 aliphatic carbocycles. The standard InChI is InChI=1S/C36H37N5O5/c1-4-10-33-38-34-24(2)21-27(35-37-30-13-7-8-14-31(30)39(35)3)22-32(34)40(33)23-25-15-17-26(18-16-25)28-11-5-6-12-29(28)36(42)45-19-9-20-46-41(43)44/h5-8,11-18,21-22,43-44H,4,9-10,19-20,23H2,1-3H3. The van der Waals surface area contributed by atoms with Gasteiger partial charge in [0, 0.05) is 32.0 Å². The van der Waals surface area contributed by atoms with Crippen LogP contribution in [0.15, 0.2) is 84.9 Å². The van der Waals surface area contributed by atoms with Gasteiger partial charge in [-0.2, -0.15) is 0 Å². The number of rotatable bonds is 12. The van der Waals surface area contributed by atoms with Crippen molar-refractivity contribution >= 4 is 28.0 Å². The number of ether oxygens (including phenoxy) is 1. The molecule has 4 aromatic carbocycles. The van der Waals surface area contributed by atoms with Crippen LogP contribution in [0.2, 0.25) is 0 Å². The number of carbonyl (C=O) groups excluding carboxylic acids is 1. The first-order chi connectivity index (χ1) is 22.3. The second kappa shape index (κ2) is 13.6. The SMILES string of the molecule is CCCc1nc2c(C)cc(-c3nc4ccccc4n3C)cc2n1Cc1ccc(-c2ccccc2C(=O)OCCCON(O)O)cc1. The van der Waals surface area contributed by atoms with Gasteiger partial charge in [-0.1, -0.05) is 61.5 Å². The van der Waals surface area contributed by atoms with E-state index in [4.69, 9.17) is 25.1 Å². The Hall–Kier alpha value is -4.87. The molecule has 10 heteroatoms. The van der Waals surface area contributed by atoms with Gasteiger partial charge in [-0.05, 0) is 65.9 Å². The maximum absolute atomic E-state index is 12.9. The molecule has 46 heavy (non-hydrogen) atoms. The van der Waals surface area contributed by atoms with Crippen LogP contribution in [0.5, 0.6) is 0 Å². The summed E-state index contributed by atoms with van der Waals surface area (Å²) in [5.41, 5.74) is 9.58. The van der Waals surface area contributed by atoms with Crippen LogP contribution < -0.4 is 0 Å². The Kier molecular flexibility index (Phi) is 9.23. The number of nitrogens with zero attached hydrogens (tertiary/aromatic N) is 5. The minimum absolute atomic E-state index is 0.00347. The van der Waals surface area contributed by atoms with E-state index in [-0.39, 0.29) is 18.6 Å². The number of para-hydroxylation sites is 2. The maximum atomic E-state index is 12.9. The van der Waals surface area contributed by atoms with Crippen molar-refractivity contribution in [3.8, 4) is 22.5 Å². The minimum atomic E-state index is -0.453. The minimum Gasteiger partial charge on any atom is -0.462 e. The summed E-state index contributed by atoms with van der Waals surface area (Å²) in [7, 11) is 2.06. The van der Waals surface area contributed by atoms with Gasteiger partial charge in [0.25, 0.3) is 0 Å². The third kappa shape index (κ3) is 6.42. The largest absolute Gasteiger partial charge is 0.462 e. The van der Waals surface area contributed by atoms with Crippen LogP contribution in [0.3, 0.4) is 0 Å². The third-order valence-electron chi connectivity index (χ3n) is 8.12. The zero-order valence-corrected chi connectivity index (χ0v) is 26.2. The van der Waals surface area contributed by atoms with E-state index in [9.17, 15) is 4.79 Å². The van der Waals surface area contributed by atoms with Crippen molar-refractivity contribution in [1.29, 1.82) is 0 Å². The Labute approximate surface area is 266 Å². The fraction of sp³-hybridized carbons (Fsp3) is 0.250. The van der Waals surface area contributed by atoms with Crippen LogP contribution in [0.25, 0.3) is 44.6 Å². The molecule has 2 aromatic heterocycles. The van der Waals surface area contributed by atoms with E-state index < -0.39 is 5.97 Å². The second-order valence-electron chi connectivity index (χ2n) is 11.3. The summed E-state index contributed by atoms with van der Waals surface area (Å²) in [4.78, 5) is 27.4. The predicted octanol–water partition coefficient (Wildman–Crippen LogP) is 7.13. The van der Waals surface area contributed by atoms with Crippen molar-refractivity contribution in [1.82, 2.24) is 24.5 Å². The van der Waals surface area contributed by atoms with Crippen molar-refractivity contribution < 1.29 is 24.8 Å². The number of fused-ring (bicyclic) bond motifs is 2. The monoisotopic (exact) mass is 619 g/mol. The van der Waals surface area contributed by atoms with Gasteiger partial charge in [0.1, 0.15) is 11.6 Å². The number of carbonyl (C=O) groups is 1. The number of hydrogen-bond donors (Lipinski definition) is 2. The predicted molar refractivity (Wildman–Crippen MR) is 175 cm³/mol. The maximum Gasteiger partial charge on any atom is 0.338 e. The molecule has 0 aliphatic heterocycles. The molecule has 0 fully saturated rings. The molecule has 0 saturated heterocycles. The van der Waals surface area contributed by atoms with E-state index in [1.54, 1.807) is 12.1 Å². The van der Waals surface area contributed by atoms with Crippen molar-refractivity contribution in [3.63, 3.8) is 0 Å². The van der Waals surface area contributed by atoms with Crippen molar-refractivity contribution in [3.05, 3.63) is 107 Å². The highest BCUT2D eigenvalue weighted by molar-refractivity contribution is 5.97. The van der Waals surface area contributed by atoms with Gasteiger partial charge < -0.3 is 13.9 Å². The summed E-state index contributed by atoms with van der Waals surface area (Å²) >= 11 is 0. The molecule has 0 unspecified atom stereocenters. The van der Waals surface area contributed by atoms with Crippen LogP contribution in [0.1, 0.15) is 47.1 Å². The Morgan fingerprint density at radius 2 is 1.65 bits per heavy atom. The topological polar surface area (TPSA) is 115 Å². The fourth-order valence-electron chi connectivity index (χ4n) is 5.90. The molecule has 6 rings (SSSR count). The molecular formula is C36H37N5O5. The van der Waals surface area contributed by atoms with Gasteiger partial charge in [0.05, 0.1) is 46.2 Å². The highest BCUT2D eigenvalue weighted by atomic mass is 17.1. The van der Waals surface area contributed by atoms with Gasteiger partial charge in [-0.3, -0.25) is 15.3 Å². The lowest BCUT2D eigenvalue weighted by Crippen LogP contribution is -2.16. The van der Waals surface area contributed by atoms with Gasteiger partial charge in [0.2, 0.25) is 0 Å². The number of benzene rings is 4. The molecule has 0 aliphatic rings. The van der Waals surface area contributed by atoms with Crippen molar-refractivity contribution in [2.45, 2.75) is 39.7 Å². The lowest BCUT2D eigenvalue weighted by atomic mass is 9.98. The lowest BCUT2D eigenvalue weighted by Gasteiger charge is -2.13. The van der Waals surface area contributed by atoms with Crippen LogP contribution in [-0.2, 0) is 29.6 Å². The molecule has 0 atom stereocenters. The van der Waals surface area contributed by atoms with Crippen LogP contribution >= 0.6 is 0 Å². The van der Waals surface area contributed by atoms with Crippen molar-refractivity contribution in [2.24, 2.45) is 7.05 Å². The van der Waals surface area contributed by atoms with Gasteiger partial charge >= 0.3 is 5.97 Å². The summed E-state index contributed by atoms with van der Waals surface area (Å²) < 4.78 is 9.86. The molecule has 6 aromatic rings. The molecule has 0 saturated carbocycles. The number of hydrogen-bond acceptors (Lipinski definition) is 8. The molecule has 0 bridgehead atoms. The molecule has 0 radical (unpaired) electrons. The molecule has 2 N–H and O–H groups in total. The van der Waals surface area contributed by atoms with E-state index in [2.05, 4.69) is 65.2 Å². The van der Waals surface area contributed by atoms with E-state index >= 15 is 0 Å². The van der Waals surface area contributed by atoms with Crippen LogP contribution in [-0.4, -0.2) is 54.1 Å². The van der Waals surface area contributed by atoms with Crippen molar-refractivity contribution in [2.75, 3.05) is 13.2 Å². The average molecular weight is 620 g/mol. The quantitative estimate of drug-likeness (QED) is 0.0845. The molecule has 10 nitrogen and oxygen atoms in total. The van der Waals surface area contributed by atoms with E-state index in [1.807, 2.05) is 42.5 Å². The molecular weight excluding hydrogens is 582 g/mol. The normalized spacial score (nSPS) is 11.6. The van der Waals surface area contributed by atoms with Crippen LogP contribution in [0.4, 0.5) is 0 Å². The molecule has 236 valence electrons. The van der Waals surface area contributed by atoms with E-state index in [0.29, 0.717) is 18.5 Å². The summed E-state index contributed by atoms with van der Waals surface area (Å²) in [6, 6.07) is 28.1. The highest BCUT2D eigenvalue weighted by Gasteiger charge is 2.18. The van der Waals surface area contributed by atoms with Gasteiger partial charge in [-0.15, -0.1) is 0 Å². The zero-order valence-electron chi connectivity index (χ0n) is 26.2. The van der Waals surface area contributed by atoms with Crippen LogP contribution in [0, 0.1) is 6.92 Å². The second-order valence-corrected chi connectivity index (χ2v) is 11.3. The number of imidazole rings is 2. The third-order valence-corrected chi connectivity index (χ3v) is 8.12. The average Bonchev–Trinajstić information content (AvgIpc) is 3.58. The fourth-order valence-corrected chi connectivity index (χ4v) is 5.90. The first kappa shape index (κ1) is 31.1. The highest BCUT2D eigenvalue weighted by Crippen LogP contribution is 2.31. The number of aryl methyl sites for hydroxylation is 3. The summed E-state index contributed by atoms with van der Waals surface area (Å²) in [6.07, 6.45) is 2.16. The summed E-state index contributed by atoms with van der Waals surface area (Å²) in [6.45, 7) is 5.02. The Morgan fingerprint density at radius 1 is 0.891 bits per heavy atom. The Bertz CT molecular complexity index is 1990. The lowest BCUT2D eigenvalue weighted by molar-refractivity contribution is -0.492.